The molecule has 0 aromatic rings. The lowest BCUT2D eigenvalue weighted by Crippen LogP contribution is -1.84. The fraction of sp³-hybridized carbons (Fsp3) is 0.800. The summed E-state index contributed by atoms with van der Waals surface area (Å²) in [6.45, 7) is 0. The third-order valence-electron chi connectivity index (χ3n) is 1.65. The van der Waals surface area contributed by atoms with E-state index in [-0.39, 0.29) is 0 Å². The third-order valence-corrected chi connectivity index (χ3v) is 2.81. The number of rotatable bonds is 8. The van der Waals surface area contributed by atoms with E-state index in [1.165, 1.54) is 0 Å². The van der Waals surface area contributed by atoms with Crippen molar-refractivity contribution >= 4 is 11.8 Å². The van der Waals surface area contributed by atoms with Crippen molar-refractivity contribution in [3.05, 3.63) is 0 Å². The molecule has 0 saturated carbocycles. The molecular weight excluding hydrogens is 180 g/mol. The van der Waals surface area contributed by atoms with Gasteiger partial charge in [-0.3, -0.25) is 0 Å². The van der Waals surface area contributed by atoms with Gasteiger partial charge in [-0.2, -0.15) is 22.3 Å². The summed E-state index contributed by atoms with van der Waals surface area (Å²) in [5.74, 6) is 2.32. The summed E-state index contributed by atoms with van der Waals surface area (Å²) >= 11 is 1.94. The van der Waals surface area contributed by atoms with Crippen molar-refractivity contribution in [1.29, 1.82) is 10.5 Å². The zero-order valence-corrected chi connectivity index (χ0v) is 8.78. The SMILES string of the molecule is N#CCCCCSCCCCC#N. The van der Waals surface area contributed by atoms with Crippen molar-refractivity contribution in [3.8, 4) is 12.1 Å². The molecule has 0 heterocycles. The van der Waals surface area contributed by atoms with Crippen LogP contribution in [0, 0.1) is 22.7 Å². The molecule has 0 atom stereocenters. The van der Waals surface area contributed by atoms with Crippen LogP contribution in [0.25, 0.3) is 0 Å². The predicted molar refractivity (Wildman–Crippen MR) is 56.3 cm³/mol. The first-order valence-corrected chi connectivity index (χ1v) is 5.89. The van der Waals surface area contributed by atoms with Crippen LogP contribution in [0.2, 0.25) is 0 Å². The summed E-state index contributed by atoms with van der Waals surface area (Å²) in [5.41, 5.74) is 0. The lowest BCUT2D eigenvalue weighted by molar-refractivity contribution is 0.817. The highest BCUT2D eigenvalue weighted by Crippen LogP contribution is 2.09. The molecule has 0 aromatic carbocycles. The van der Waals surface area contributed by atoms with Crippen molar-refractivity contribution in [2.45, 2.75) is 38.5 Å². The number of hydrogen-bond acceptors (Lipinski definition) is 3. The monoisotopic (exact) mass is 196 g/mol. The fourth-order valence-electron chi connectivity index (χ4n) is 0.918. The van der Waals surface area contributed by atoms with Gasteiger partial charge in [0.05, 0.1) is 12.1 Å². The molecule has 0 aliphatic rings. The van der Waals surface area contributed by atoms with Crippen LogP contribution < -0.4 is 0 Å². The Bertz CT molecular complexity index is 158. The Hall–Kier alpha value is -0.670. The summed E-state index contributed by atoms with van der Waals surface area (Å²) in [5, 5.41) is 16.6. The molecular formula is C10H16N2S. The lowest BCUT2D eigenvalue weighted by Gasteiger charge is -1.98. The molecule has 0 bridgehead atoms. The van der Waals surface area contributed by atoms with E-state index >= 15 is 0 Å². The second kappa shape index (κ2) is 11.3. The summed E-state index contributed by atoms with van der Waals surface area (Å²) in [7, 11) is 0. The molecule has 3 heteroatoms. The molecule has 0 fully saturated rings. The molecule has 0 aliphatic carbocycles. The fourth-order valence-corrected chi connectivity index (χ4v) is 1.94. The summed E-state index contributed by atoms with van der Waals surface area (Å²) in [6, 6.07) is 4.28. The minimum absolute atomic E-state index is 0.689. The van der Waals surface area contributed by atoms with Gasteiger partial charge in [0.2, 0.25) is 0 Å². The summed E-state index contributed by atoms with van der Waals surface area (Å²) < 4.78 is 0. The molecule has 72 valence electrons. The first-order chi connectivity index (χ1) is 6.41. The van der Waals surface area contributed by atoms with Crippen LogP contribution in [0.3, 0.4) is 0 Å². The molecule has 2 nitrogen and oxygen atoms in total. The predicted octanol–water partition coefficient (Wildman–Crippen LogP) is 3.11. The minimum Gasteiger partial charge on any atom is -0.198 e. The molecule has 0 saturated heterocycles. The van der Waals surface area contributed by atoms with Gasteiger partial charge in [0.25, 0.3) is 0 Å². The first-order valence-electron chi connectivity index (χ1n) is 4.73. The van der Waals surface area contributed by atoms with E-state index in [0.29, 0.717) is 12.8 Å². The average molecular weight is 196 g/mol. The highest BCUT2D eigenvalue weighted by molar-refractivity contribution is 7.99. The second-order valence-electron chi connectivity index (χ2n) is 2.84. The molecule has 0 radical (unpaired) electrons. The number of nitriles is 2. The van der Waals surface area contributed by atoms with Crippen molar-refractivity contribution < 1.29 is 0 Å². The van der Waals surface area contributed by atoms with Gasteiger partial charge in [-0.1, -0.05) is 0 Å². The van der Waals surface area contributed by atoms with Crippen molar-refractivity contribution in [2.24, 2.45) is 0 Å². The van der Waals surface area contributed by atoms with Crippen molar-refractivity contribution in [2.75, 3.05) is 11.5 Å². The normalized spacial score (nSPS) is 9.08. The van der Waals surface area contributed by atoms with Gasteiger partial charge in [-0.25, -0.2) is 0 Å². The van der Waals surface area contributed by atoms with Crippen molar-refractivity contribution in [3.63, 3.8) is 0 Å². The maximum atomic E-state index is 8.28. The van der Waals surface area contributed by atoms with Crippen LogP contribution in [0.4, 0.5) is 0 Å². The molecule has 0 aliphatic heterocycles. The first kappa shape index (κ1) is 12.3. The Morgan fingerprint density at radius 3 is 1.62 bits per heavy atom. The van der Waals surface area contributed by atoms with Crippen molar-refractivity contribution in [1.82, 2.24) is 0 Å². The minimum atomic E-state index is 0.689. The smallest absolute Gasteiger partial charge is 0.0621 e. The van der Waals surface area contributed by atoms with E-state index in [1.54, 1.807) is 0 Å². The number of hydrogen-bond donors (Lipinski definition) is 0. The van der Waals surface area contributed by atoms with E-state index in [4.69, 9.17) is 10.5 Å². The molecule has 0 spiro atoms. The van der Waals surface area contributed by atoms with Crippen LogP contribution in [-0.4, -0.2) is 11.5 Å². The highest BCUT2D eigenvalue weighted by Gasteiger charge is 1.91. The molecule has 0 N–H and O–H groups in total. The van der Waals surface area contributed by atoms with Gasteiger partial charge in [-0.15, -0.1) is 0 Å². The lowest BCUT2D eigenvalue weighted by atomic mass is 10.3. The van der Waals surface area contributed by atoms with Gasteiger partial charge in [-0.05, 0) is 37.2 Å². The van der Waals surface area contributed by atoms with Gasteiger partial charge in [0.1, 0.15) is 0 Å². The van der Waals surface area contributed by atoms with E-state index in [1.807, 2.05) is 11.8 Å². The van der Waals surface area contributed by atoms with Crippen LogP contribution in [0.5, 0.6) is 0 Å². The van der Waals surface area contributed by atoms with E-state index in [2.05, 4.69) is 12.1 Å². The maximum Gasteiger partial charge on any atom is 0.0621 e. The Kier molecular flexibility index (Phi) is 10.7. The number of nitrogens with zero attached hydrogens (tertiary/aromatic N) is 2. The summed E-state index contributed by atoms with van der Waals surface area (Å²) in [6.07, 6.45) is 5.74. The molecule has 0 amide bonds. The van der Waals surface area contributed by atoms with Gasteiger partial charge in [0, 0.05) is 12.8 Å². The van der Waals surface area contributed by atoms with Gasteiger partial charge < -0.3 is 0 Å². The Labute approximate surface area is 84.9 Å². The zero-order chi connectivity index (χ0) is 9.78. The Morgan fingerprint density at radius 2 is 1.23 bits per heavy atom. The second-order valence-corrected chi connectivity index (χ2v) is 4.07. The third kappa shape index (κ3) is 11.3. The topological polar surface area (TPSA) is 47.6 Å². The molecule has 13 heavy (non-hydrogen) atoms. The van der Waals surface area contributed by atoms with Crippen LogP contribution in [-0.2, 0) is 0 Å². The highest BCUT2D eigenvalue weighted by atomic mass is 32.2. The quantitative estimate of drug-likeness (QED) is 0.560. The zero-order valence-electron chi connectivity index (χ0n) is 7.96. The molecule has 0 rings (SSSR count). The average Bonchev–Trinajstić information content (AvgIpc) is 2.16. The van der Waals surface area contributed by atoms with Crippen LogP contribution in [0.15, 0.2) is 0 Å². The van der Waals surface area contributed by atoms with Gasteiger partial charge in [0.15, 0.2) is 0 Å². The Morgan fingerprint density at radius 1 is 0.769 bits per heavy atom. The number of unbranched alkanes of at least 4 members (excludes halogenated alkanes) is 4. The summed E-state index contributed by atoms with van der Waals surface area (Å²) in [4.78, 5) is 0. The van der Waals surface area contributed by atoms with Gasteiger partial charge >= 0.3 is 0 Å². The largest absolute Gasteiger partial charge is 0.198 e. The molecule has 0 aromatic heterocycles. The standard InChI is InChI=1S/C10H16N2S/c11-7-3-1-5-9-13-10-6-2-4-8-12/h1-6,9-10H2. The number of thioether (sulfide) groups is 1. The van der Waals surface area contributed by atoms with E-state index in [9.17, 15) is 0 Å². The van der Waals surface area contributed by atoms with E-state index in [0.717, 1.165) is 37.2 Å². The van der Waals surface area contributed by atoms with Crippen LogP contribution >= 0.6 is 11.8 Å². The Balaban J connectivity index is 2.85. The molecule has 0 unspecified atom stereocenters. The van der Waals surface area contributed by atoms with Crippen LogP contribution in [0.1, 0.15) is 38.5 Å². The maximum absolute atomic E-state index is 8.28. The van der Waals surface area contributed by atoms with E-state index < -0.39 is 0 Å².